The molecule has 0 amide bonds. The average molecular weight is 661 g/mol. The van der Waals surface area contributed by atoms with Crippen LogP contribution in [0.1, 0.15) is 0 Å². The Morgan fingerprint density at radius 1 is 0.375 bits per heavy atom. The van der Waals surface area contributed by atoms with Gasteiger partial charge in [0.2, 0.25) is 11.5 Å². The maximum absolute atomic E-state index is 6.76. The SMILES string of the molecule is c1ccc2c(c1)c1ccc(OCC3CO3)c(OCC3CO3)c1c1c(OCC3CO3)c(OCC3CO3)c(OCC3CO3)c(OCC3CO3)c21. The number of ether oxygens (including phenoxy) is 12. The van der Waals surface area contributed by atoms with Gasteiger partial charge in [-0.15, -0.1) is 0 Å². The van der Waals surface area contributed by atoms with Gasteiger partial charge < -0.3 is 56.8 Å². The average Bonchev–Trinajstić information content (AvgIpc) is 3.90. The highest BCUT2D eigenvalue weighted by Crippen LogP contribution is 2.58. The van der Waals surface area contributed by atoms with Crippen LogP contribution in [0.2, 0.25) is 0 Å². The molecule has 10 rings (SSSR count). The number of rotatable bonds is 18. The highest BCUT2D eigenvalue weighted by Gasteiger charge is 2.36. The van der Waals surface area contributed by atoms with Crippen molar-refractivity contribution in [1.29, 1.82) is 0 Å². The van der Waals surface area contributed by atoms with E-state index < -0.39 is 0 Å². The third kappa shape index (κ3) is 6.13. The molecule has 12 heteroatoms. The van der Waals surface area contributed by atoms with Crippen LogP contribution in [0, 0.1) is 0 Å². The van der Waals surface area contributed by atoms with Crippen molar-refractivity contribution in [2.24, 2.45) is 0 Å². The van der Waals surface area contributed by atoms with E-state index in [0.29, 0.717) is 114 Å². The molecule has 0 aromatic heterocycles. The molecule has 6 atom stereocenters. The molecule has 4 aromatic carbocycles. The summed E-state index contributed by atoms with van der Waals surface area (Å²) in [6, 6.07) is 12.3. The van der Waals surface area contributed by atoms with Crippen molar-refractivity contribution in [3.63, 3.8) is 0 Å². The first-order valence-electron chi connectivity index (χ1n) is 16.7. The van der Waals surface area contributed by atoms with E-state index in [0.717, 1.165) is 32.3 Å². The van der Waals surface area contributed by atoms with Crippen molar-refractivity contribution in [3.8, 4) is 34.5 Å². The van der Waals surface area contributed by atoms with Crippen LogP contribution in [-0.4, -0.2) is 116 Å². The lowest BCUT2D eigenvalue weighted by atomic mass is 9.91. The second kappa shape index (κ2) is 12.0. The third-order valence-electron chi connectivity index (χ3n) is 9.09. The summed E-state index contributed by atoms with van der Waals surface area (Å²) < 4.78 is 73.0. The molecule has 4 aromatic rings. The van der Waals surface area contributed by atoms with Crippen LogP contribution in [0.25, 0.3) is 32.3 Å². The molecule has 0 bridgehead atoms. The first-order valence-corrected chi connectivity index (χ1v) is 16.7. The van der Waals surface area contributed by atoms with Gasteiger partial charge in [0.15, 0.2) is 23.0 Å². The normalized spacial score (nSPS) is 27.5. The number of hydrogen-bond acceptors (Lipinski definition) is 12. The Morgan fingerprint density at radius 2 is 0.729 bits per heavy atom. The summed E-state index contributed by atoms with van der Waals surface area (Å²) >= 11 is 0. The highest BCUT2D eigenvalue weighted by atomic mass is 16.6. The summed E-state index contributed by atoms with van der Waals surface area (Å²) in [6.45, 7) is 6.04. The smallest absolute Gasteiger partial charge is 0.208 e. The lowest BCUT2D eigenvalue weighted by Crippen LogP contribution is -2.14. The standard InChI is InChI=1S/C36H36O12/c1-2-4-26-25(3-1)27-5-6-28(43-13-19-7-37-19)32(44-14-20-8-38-20)29(27)31-30(26)33(45-15-21-9-39-21)35(47-17-23-11-41-23)36(48-18-24-12-42-24)34(31)46-16-22-10-40-22/h1-6,19-24H,7-18H2. The van der Waals surface area contributed by atoms with E-state index >= 15 is 0 Å². The molecule has 0 spiro atoms. The Bertz CT molecular complexity index is 1830. The van der Waals surface area contributed by atoms with Crippen molar-refractivity contribution in [2.45, 2.75) is 36.6 Å². The molecule has 0 saturated carbocycles. The fourth-order valence-corrected chi connectivity index (χ4v) is 5.97. The molecule has 6 fully saturated rings. The minimum Gasteiger partial charge on any atom is -0.487 e. The topological polar surface area (TPSA) is 131 Å². The Morgan fingerprint density at radius 3 is 1.21 bits per heavy atom. The Hall–Kier alpha value is -3.78. The van der Waals surface area contributed by atoms with Crippen molar-refractivity contribution in [3.05, 3.63) is 36.4 Å². The quantitative estimate of drug-likeness (QED) is 0.114. The molecule has 12 nitrogen and oxygen atoms in total. The summed E-state index contributed by atoms with van der Waals surface area (Å²) in [5.74, 6) is 3.18. The van der Waals surface area contributed by atoms with E-state index in [1.54, 1.807) is 0 Å². The fraction of sp³-hybridized carbons (Fsp3) is 0.500. The van der Waals surface area contributed by atoms with E-state index in [2.05, 4.69) is 18.2 Å². The van der Waals surface area contributed by atoms with Crippen molar-refractivity contribution < 1.29 is 56.8 Å². The second-order valence-corrected chi connectivity index (χ2v) is 13.0. The molecule has 6 aliphatic rings. The lowest BCUT2D eigenvalue weighted by Gasteiger charge is -2.25. The van der Waals surface area contributed by atoms with Gasteiger partial charge >= 0.3 is 0 Å². The summed E-state index contributed by atoms with van der Waals surface area (Å²) in [5, 5.41) is 5.38. The Labute approximate surface area is 275 Å². The van der Waals surface area contributed by atoms with Crippen LogP contribution >= 0.6 is 0 Å². The summed E-state index contributed by atoms with van der Waals surface area (Å²) in [5.41, 5.74) is 0. The summed E-state index contributed by atoms with van der Waals surface area (Å²) in [7, 11) is 0. The molecule has 48 heavy (non-hydrogen) atoms. The molecule has 252 valence electrons. The minimum atomic E-state index is -0.0151. The summed E-state index contributed by atoms with van der Waals surface area (Å²) in [6.07, 6.45) is 0.0562. The molecule has 6 aliphatic heterocycles. The predicted molar refractivity (Wildman–Crippen MR) is 170 cm³/mol. The van der Waals surface area contributed by atoms with E-state index in [1.807, 2.05) is 18.2 Å². The van der Waals surface area contributed by atoms with Gasteiger partial charge in [-0.2, -0.15) is 0 Å². The molecular formula is C36H36O12. The van der Waals surface area contributed by atoms with Gasteiger partial charge in [0, 0.05) is 16.2 Å². The van der Waals surface area contributed by atoms with Crippen LogP contribution in [0.15, 0.2) is 36.4 Å². The fourth-order valence-electron chi connectivity index (χ4n) is 5.97. The lowest BCUT2D eigenvalue weighted by molar-refractivity contribution is 0.198. The molecule has 6 saturated heterocycles. The zero-order chi connectivity index (χ0) is 31.6. The largest absolute Gasteiger partial charge is 0.487 e. The Kier molecular flexibility index (Phi) is 7.27. The molecule has 6 heterocycles. The number of benzene rings is 4. The number of epoxide rings is 6. The minimum absolute atomic E-state index is 0.000594. The maximum Gasteiger partial charge on any atom is 0.208 e. The van der Waals surface area contributed by atoms with Crippen LogP contribution < -0.4 is 28.4 Å². The predicted octanol–water partition coefficient (Wildman–Crippen LogP) is 3.81. The second-order valence-electron chi connectivity index (χ2n) is 13.0. The van der Waals surface area contributed by atoms with Gasteiger partial charge in [0.25, 0.3) is 0 Å². The van der Waals surface area contributed by atoms with Gasteiger partial charge in [-0.05, 0) is 28.3 Å². The van der Waals surface area contributed by atoms with Crippen molar-refractivity contribution >= 4 is 32.3 Å². The maximum atomic E-state index is 6.76. The molecule has 0 radical (unpaired) electrons. The first-order chi connectivity index (χ1) is 23.8. The molecular weight excluding hydrogens is 624 g/mol. The van der Waals surface area contributed by atoms with E-state index in [9.17, 15) is 0 Å². The third-order valence-corrected chi connectivity index (χ3v) is 9.09. The van der Waals surface area contributed by atoms with Crippen LogP contribution in [0.5, 0.6) is 34.5 Å². The zero-order valence-electron chi connectivity index (χ0n) is 26.3. The van der Waals surface area contributed by atoms with Crippen LogP contribution in [-0.2, 0) is 28.4 Å². The van der Waals surface area contributed by atoms with Gasteiger partial charge in [-0.25, -0.2) is 0 Å². The van der Waals surface area contributed by atoms with E-state index in [-0.39, 0.29) is 36.6 Å². The van der Waals surface area contributed by atoms with Crippen LogP contribution in [0.4, 0.5) is 0 Å². The molecule has 6 unspecified atom stereocenters. The van der Waals surface area contributed by atoms with E-state index in [4.69, 9.17) is 56.8 Å². The van der Waals surface area contributed by atoms with E-state index in [1.165, 1.54) is 0 Å². The van der Waals surface area contributed by atoms with Gasteiger partial charge in [0.05, 0.1) is 39.6 Å². The number of hydrogen-bond donors (Lipinski definition) is 0. The molecule has 0 aliphatic carbocycles. The summed E-state index contributed by atoms with van der Waals surface area (Å²) in [4.78, 5) is 0. The van der Waals surface area contributed by atoms with Gasteiger partial charge in [-0.1, -0.05) is 24.3 Å². The number of fused-ring (bicyclic) bond motifs is 6. The highest BCUT2D eigenvalue weighted by molar-refractivity contribution is 6.31. The van der Waals surface area contributed by atoms with Crippen LogP contribution in [0.3, 0.4) is 0 Å². The Balaban J connectivity index is 1.27. The first kappa shape index (κ1) is 29.2. The monoisotopic (exact) mass is 660 g/mol. The van der Waals surface area contributed by atoms with Gasteiger partial charge in [0.1, 0.15) is 76.3 Å². The van der Waals surface area contributed by atoms with Crippen molar-refractivity contribution in [1.82, 2.24) is 0 Å². The van der Waals surface area contributed by atoms with Gasteiger partial charge in [-0.3, -0.25) is 0 Å². The molecule has 0 N–H and O–H groups in total. The van der Waals surface area contributed by atoms with Crippen molar-refractivity contribution in [2.75, 3.05) is 79.3 Å². The zero-order valence-corrected chi connectivity index (χ0v) is 26.3.